The fourth-order valence-corrected chi connectivity index (χ4v) is 2.08. The highest BCUT2D eigenvalue weighted by Crippen LogP contribution is 2.56. The van der Waals surface area contributed by atoms with Gasteiger partial charge in [-0.15, -0.1) is 12.4 Å². The molecule has 0 bridgehead atoms. The molecule has 5 heteroatoms. The van der Waals surface area contributed by atoms with Crippen LogP contribution in [0.4, 0.5) is 13.2 Å². The number of halogens is 4. The fraction of sp³-hybridized carbons (Fsp3) is 1.00. The summed E-state index contributed by atoms with van der Waals surface area (Å²) in [6, 6.07) is 0. The van der Waals surface area contributed by atoms with Crippen molar-refractivity contribution in [1.82, 2.24) is 5.32 Å². The molecule has 2 fully saturated rings. The Morgan fingerprint density at radius 1 is 1.25 bits per heavy atom. The molecule has 2 aliphatic rings. The van der Waals surface area contributed by atoms with Crippen LogP contribution in [0.15, 0.2) is 0 Å². The molecule has 0 radical (unpaired) electrons. The molecule has 0 aromatic rings. The van der Waals surface area contributed by atoms with E-state index in [1.807, 2.05) is 0 Å². The van der Waals surface area contributed by atoms with Crippen molar-refractivity contribution in [3.8, 4) is 0 Å². The van der Waals surface area contributed by atoms with E-state index in [2.05, 4.69) is 5.32 Å². The quantitative estimate of drug-likeness (QED) is 0.632. The average Bonchev–Trinajstić information content (AvgIpc) is 1.49. The fourth-order valence-electron chi connectivity index (χ4n) is 2.08. The number of hydrogen-bond donors (Lipinski definition) is 1. The number of hydrogen-bond acceptors (Lipinski definition) is 1. The largest absolute Gasteiger partial charge is 0.392 e. The lowest BCUT2D eigenvalue weighted by Gasteiger charge is -2.56. The number of nitrogens with one attached hydrogen (secondary N) is 1. The van der Waals surface area contributed by atoms with Gasteiger partial charge >= 0.3 is 6.18 Å². The summed E-state index contributed by atoms with van der Waals surface area (Å²) in [5.74, 6) is -1.02. The average molecular weight is 202 g/mol. The highest BCUT2D eigenvalue weighted by atomic mass is 35.5. The van der Waals surface area contributed by atoms with E-state index in [9.17, 15) is 13.2 Å². The van der Waals surface area contributed by atoms with E-state index >= 15 is 0 Å². The Bertz CT molecular complexity index is 170. The van der Waals surface area contributed by atoms with E-state index in [-0.39, 0.29) is 12.4 Å². The minimum absolute atomic E-state index is 0. The second kappa shape index (κ2) is 2.77. The molecule has 2 rings (SSSR count). The summed E-state index contributed by atoms with van der Waals surface area (Å²) in [6.07, 6.45) is -2.87. The van der Waals surface area contributed by atoms with Crippen LogP contribution in [0.5, 0.6) is 0 Å². The Hall–Kier alpha value is 0.0400. The lowest BCUT2D eigenvalue weighted by atomic mass is 9.56. The summed E-state index contributed by atoms with van der Waals surface area (Å²) < 4.78 is 36.6. The summed E-state index contributed by atoms with van der Waals surface area (Å²) in [6.45, 7) is 1.13. The Morgan fingerprint density at radius 2 is 1.83 bits per heavy atom. The predicted octanol–water partition coefficient (Wildman–Crippen LogP) is 1.97. The maximum absolute atomic E-state index is 12.2. The Kier molecular flexibility index (Phi) is 2.34. The first kappa shape index (κ1) is 10.1. The van der Waals surface area contributed by atoms with Gasteiger partial charge in [0.05, 0.1) is 5.92 Å². The lowest BCUT2D eigenvalue weighted by Crippen LogP contribution is -2.65. The van der Waals surface area contributed by atoms with Crippen LogP contribution < -0.4 is 5.32 Å². The van der Waals surface area contributed by atoms with Crippen LogP contribution in [-0.4, -0.2) is 19.3 Å². The molecular weight excluding hydrogens is 191 g/mol. The van der Waals surface area contributed by atoms with Crippen molar-refractivity contribution >= 4 is 12.4 Å². The third-order valence-corrected chi connectivity index (χ3v) is 3.02. The zero-order valence-corrected chi connectivity index (χ0v) is 7.26. The molecule has 1 nitrogen and oxygen atoms in total. The van der Waals surface area contributed by atoms with Crippen LogP contribution in [0.25, 0.3) is 0 Å². The van der Waals surface area contributed by atoms with Crippen LogP contribution in [0.1, 0.15) is 12.8 Å². The van der Waals surface area contributed by atoms with Crippen LogP contribution in [0, 0.1) is 11.3 Å². The van der Waals surface area contributed by atoms with E-state index in [4.69, 9.17) is 0 Å². The van der Waals surface area contributed by atoms with Crippen molar-refractivity contribution in [3.05, 3.63) is 0 Å². The molecule has 1 aliphatic heterocycles. The van der Waals surface area contributed by atoms with Crippen LogP contribution >= 0.6 is 12.4 Å². The SMILES string of the molecule is Cl.FC(F)(F)C1CCC12CNC2. The van der Waals surface area contributed by atoms with E-state index in [0.717, 1.165) is 6.42 Å². The first-order valence-corrected chi connectivity index (χ1v) is 3.82. The molecule has 12 heavy (non-hydrogen) atoms. The number of alkyl halides is 3. The molecule has 1 saturated carbocycles. The van der Waals surface area contributed by atoms with Gasteiger partial charge in [-0.2, -0.15) is 13.2 Å². The van der Waals surface area contributed by atoms with Crippen LogP contribution in [-0.2, 0) is 0 Å². The molecule has 1 saturated heterocycles. The second-order valence-electron chi connectivity index (χ2n) is 3.60. The molecule has 0 aromatic carbocycles. The highest BCUT2D eigenvalue weighted by Gasteiger charge is 2.61. The van der Waals surface area contributed by atoms with Gasteiger partial charge in [-0.1, -0.05) is 0 Å². The Labute approximate surface area is 75.1 Å². The maximum Gasteiger partial charge on any atom is 0.392 e. The lowest BCUT2D eigenvalue weighted by molar-refractivity contribution is -0.250. The third kappa shape index (κ3) is 1.21. The Balaban J connectivity index is 0.000000720. The zero-order chi connectivity index (χ0) is 8.11. The van der Waals surface area contributed by atoms with Gasteiger partial charge in [0.25, 0.3) is 0 Å². The molecule has 1 N–H and O–H groups in total. The first-order valence-electron chi connectivity index (χ1n) is 3.82. The Morgan fingerprint density at radius 3 is 1.92 bits per heavy atom. The predicted molar refractivity (Wildman–Crippen MR) is 41.3 cm³/mol. The van der Waals surface area contributed by atoms with Crippen molar-refractivity contribution in [2.24, 2.45) is 11.3 Å². The zero-order valence-electron chi connectivity index (χ0n) is 6.45. The minimum atomic E-state index is -3.96. The summed E-state index contributed by atoms with van der Waals surface area (Å²) in [5.41, 5.74) is -0.391. The number of rotatable bonds is 0. The van der Waals surface area contributed by atoms with Gasteiger partial charge < -0.3 is 5.32 Å². The van der Waals surface area contributed by atoms with E-state index in [1.165, 1.54) is 0 Å². The van der Waals surface area contributed by atoms with E-state index < -0.39 is 17.5 Å². The first-order chi connectivity index (χ1) is 5.05. The van der Waals surface area contributed by atoms with Crippen molar-refractivity contribution in [2.45, 2.75) is 19.0 Å². The molecule has 1 atom stereocenters. The third-order valence-electron chi connectivity index (χ3n) is 3.02. The van der Waals surface area contributed by atoms with Crippen molar-refractivity contribution in [3.63, 3.8) is 0 Å². The molecule has 1 heterocycles. The van der Waals surface area contributed by atoms with Gasteiger partial charge in [0.1, 0.15) is 0 Å². The maximum atomic E-state index is 12.2. The molecule has 1 aliphatic carbocycles. The van der Waals surface area contributed by atoms with Gasteiger partial charge in [-0.05, 0) is 12.8 Å². The van der Waals surface area contributed by atoms with E-state index in [1.54, 1.807) is 0 Å². The second-order valence-corrected chi connectivity index (χ2v) is 3.60. The van der Waals surface area contributed by atoms with Gasteiger partial charge in [-0.3, -0.25) is 0 Å². The summed E-state index contributed by atoms with van der Waals surface area (Å²) in [7, 11) is 0. The molecule has 72 valence electrons. The van der Waals surface area contributed by atoms with Gasteiger partial charge in [0.15, 0.2) is 0 Å². The topological polar surface area (TPSA) is 12.0 Å². The van der Waals surface area contributed by atoms with Gasteiger partial charge in [0, 0.05) is 18.5 Å². The highest BCUT2D eigenvalue weighted by molar-refractivity contribution is 5.85. The monoisotopic (exact) mass is 201 g/mol. The van der Waals surface area contributed by atoms with Crippen molar-refractivity contribution < 1.29 is 13.2 Å². The molecule has 1 unspecified atom stereocenters. The van der Waals surface area contributed by atoms with Crippen molar-refractivity contribution in [2.75, 3.05) is 13.1 Å². The van der Waals surface area contributed by atoms with Gasteiger partial charge in [0.2, 0.25) is 0 Å². The van der Waals surface area contributed by atoms with Crippen LogP contribution in [0.3, 0.4) is 0 Å². The molecule has 1 spiro atoms. The van der Waals surface area contributed by atoms with Gasteiger partial charge in [-0.25, -0.2) is 0 Å². The summed E-state index contributed by atoms with van der Waals surface area (Å²) in [5, 5.41) is 2.91. The minimum Gasteiger partial charge on any atom is -0.315 e. The standard InChI is InChI=1S/C7H10F3N.ClH/c8-7(9,10)5-1-2-6(5)3-11-4-6;/h5,11H,1-4H2;1H. The van der Waals surface area contributed by atoms with Crippen LogP contribution in [0.2, 0.25) is 0 Å². The molecule has 0 amide bonds. The molecule has 0 aromatic heterocycles. The summed E-state index contributed by atoms with van der Waals surface area (Å²) in [4.78, 5) is 0. The van der Waals surface area contributed by atoms with E-state index in [0.29, 0.717) is 19.5 Å². The normalized spacial score (nSPS) is 31.8. The summed E-state index contributed by atoms with van der Waals surface area (Å²) >= 11 is 0. The smallest absolute Gasteiger partial charge is 0.315 e. The van der Waals surface area contributed by atoms with Crippen molar-refractivity contribution in [1.29, 1.82) is 0 Å². The molecular formula is C7H11ClF3N.